The maximum absolute atomic E-state index is 12.7. The Morgan fingerprint density at radius 1 is 1.07 bits per heavy atom. The van der Waals surface area contributed by atoms with Crippen LogP contribution in [0.1, 0.15) is 18.1 Å². The van der Waals surface area contributed by atoms with Gasteiger partial charge in [0.05, 0.1) is 14.2 Å². The Balaban J connectivity index is 1.65. The normalized spacial score (nSPS) is 13.9. The van der Waals surface area contributed by atoms with E-state index in [-0.39, 0.29) is 5.91 Å². The molecule has 2 aromatic rings. The third-order valence-corrected chi connectivity index (χ3v) is 4.63. The van der Waals surface area contributed by atoms with Gasteiger partial charge in [0, 0.05) is 23.9 Å². The van der Waals surface area contributed by atoms with Crippen molar-refractivity contribution in [1.82, 2.24) is 0 Å². The number of ether oxygens (including phenoxy) is 3. The van der Waals surface area contributed by atoms with Gasteiger partial charge >= 0.3 is 5.97 Å². The molecule has 0 unspecified atom stereocenters. The number of carbonyl (C=O) groups excluding carboxylic acids is 2. The number of carbonyl (C=O) groups is 2. The van der Waals surface area contributed by atoms with Crippen LogP contribution in [0, 0.1) is 0 Å². The lowest BCUT2D eigenvalue weighted by Gasteiger charge is -2.21. The summed E-state index contributed by atoms with van der Waals surface area (Å²) in [4.78, 5) is 26.6. The molecule has 1 amide bonds. The van der Waals surface area contributed by atoms with E-state index in [1.165, 1.54) is 13.2 Å². The van der Waals surface area contributed by atoms with Crippen molar-refractivity contribution >= 4 is 23.6 Å². The number of para-hydroxylation sites is 2. The van der Waals surface area contributed by atoms with Crippen LogP contribution in [0.2, 0.25) is 0 Å². The number of esters is 1. The zero-order chi connectivity index (χ0) is 20.1. The van der Waals surface area contributed by atoms with E-state index >= 15 is 0 Å². The summed E-state index contributed by atoms with van der Waals surface area (Å²) >= 11 is 0. The molecule has 0 spiro atoms. The molecule has 28 heavy (non-hydrogen) atoms. The Hall–Kier alpha value is -3.28. The summed E-state index contributed by atoms with van der Waals surface area (Å²) in [6.45, 7) is 2.18. The summed E-state index contributed by atoms with van der Waals surface area (Å²) in [6.07, 6.45) is 2.78. The Bertz CT molecular complexity index is 906. The van der Waals surface area contributed by atoms with Crippen molar-refractivity contribution in [2.45, 2.75) is 19.4 Å². The van der Waals surface area contributed by atoms with Gasteiger partial charge < -0.3 is 19.1 Å². The molecular weight excluding hydrogens is 358 g/mol. The van der Waals surface area contributed by atoms with Crippen molar-refractivity contribution in [3.8, 4) is 11.5 Å². The van der Waals surface area contributed by atoms with E-state index in [0.717, 1.165) is 17.7 Å². The van der Waals surface area contributed by atoms with Crippen LogP contribution in [0.5, 0.6) is 11.5 Å². The molecule has 0 bridgehead atoms. The fraction of sp³-hybridized carbons (Fsp3) is 0.273. The molecule has 146 valence electrons. The zero-order valence-electron chi connectivity index (χ0n) is 16.2. The zero-order valence-corrected chi connectivity index (χ0v) is 16.2. The van der Waals surface area contributed by atoms with E-state index in [1.54, 1.807) is 43.2 Å². The molecular formula is C22H23NO5. The first kappa shape index (κ1) is 19.5. The molecule has 2 aromatic carbocycles. The van der Waals surface area contributed by atoms with Gasteiger partial charge in [0.15, 0.2) is 17.6 Å². The lowest BCUT2D eigenvalue weighted by Crippen LogP contribution is -2.38. The highest BCUT2D eigenvalue weighted by atomic mass is 16.5. The Labute approximate surface area is 164 Å². The molecule has 0 saturated carbocycles. The highest BCUT2D eigenvalue weighted by Crippen LogP contribution is 2.31. The van der Waals surface area contributed by atoms with Gasteiger partial charge in [-0.2, -0.15) is 0 Å². The molecule has 1 aliphatic heterocycles. The first-order chi connectivity index (χ1) is 13.5. The second kappa shape index (κ2) is 8.61. The summed E-state index contributed by atoms with van der Waals surface area (Å²) in [5.41, 5.74) is 2.68. The van der Waals surface area contributed by atoms with Crippen LogP contribution < -0.4 is 14.4 Å². The monoisotopic (exact) mass is 381 g/mol. The van der Waals surface area contributed by atoms with E-state index < -0.39 is 12.1 Å². The molecule has 1 atom stereocenters. The average molecular weight is 381 g/mol. The number of hydrogen-bond donors (Lipinski definition) is 0. The minimum atomic E-state index is -0.879. The predicted octanol–water partition coefficient (Wildman–Crippen LogP) is 3.24. The van der Waals surface area contributed by atoms with Gasteiger partial charge in [-0.3, -0.25) is 4.79 Å². The minimum Gasteiger partial charge on any atom is -0.493 e. The highest BCUT2D eigenvalue weighted by Gasteiger charge is 2.29. The first-order valence-electron chi connectivity index (χ1n) is 9.04. The molecule has 0 N–H and O–H groups in total. The number of hydrogen-bond acceptors (Lipinski definition) is 5. The fourth-order valence-electron chi connectivity index (χ4n) is 3.25. The van der Waals surface area contributed by atoms with E-state index in [4.69, 9.17) is 14.2 Å². The Morgan fingerprint density at radius 2 is 1.86 bits per heavy atom. The lowest BCUT2D eigenvalue weighted by atomic mass is 10.1. The van der Waals surface area contributed by atoms with Gasteiger partial charge in [-0.25, -0.2) is 4.79 Å². The first-order valence-corrected chi connectivity index (χ1v) is 9.04. The molecule has 0 aromatic heterocycles. The molecule has 0 aliphatic carbocycles. The van der Waals surface area contributed by atoms with E-state index in [1.807, 2.05) is 24.3 Å². The summed E-state index contributed by atoms with van der Waals surface area (Å²) in [6, 6.07) is 13.1. The van der Waals surface area contributed by atoms with Crippen molar-refractivity contribution in [1.29, 1.82) is 0 Å². The molecule has 0 fully saturated rings. The maximum Gasteiger partial charge on any atom is 0.331 e. The van der Waals surface area contributed by atoms with Crippen molar-refractivity contribution in [2.75, 3.05) is 25.7 Å². The summed E-state index contributed by atoms with van der Waals surface area (Å²) in [5, 5.41) is 0. The largest absolute Gasteiger partial charge is 0.493 e. The van der Waals surface area contributed by atoms with Crippen LogP contribution in [0.25, 0.3) is 6.08 Å². The summed E-state index contributed by atoms with van der Waals surface area (Å²) in [5.74, 6) is 0.255. The third-order valence-electron chi connectivity index (χ3n) is 4.63. The smallest absolute Gasteiger partial charge is 0.331 e. The van der Waals surface area contributed by atoms with Gasteiger partial charge in [0.2, 0.25) is 0 Å². The van der Waals surface area contributed by atoms with Crippen LogP contribution in [0.4, 0.5) is 5.69 Å². The molecule has 6 nitrogen and oxygen atoms in total. The number of methoxy groups -OCH3 is 2. The molecule has 0 radical (unpaired) electrons. The van der Waals surface area contributed by atoms with Crippen LogP contribution >= 0.6 is 0 Å². The quantitative estimate of drug-likeness (QED) is 0.568. The summed E-state index contributed by atoms with van der Waals surface area (Å²) < 4.78 is 15.9. The van der Waals surface area contributed by atoms with Crippen LogP contribution in [-0.2, 0) is 20.7 Å². The SMILES string of the molecule is COc1cccc(/C=C/C(=O)O[C@@H](C)C(=O)N2CCc3ccccc32)c1OC. The molecule has 1 heterocycles. The van der Waals surface area contributed by atoms with Crippen molar-refractivity contribution < 1.29 is 23.8 Å². The minimum absolute atomic E-state index is 0.231. The lowest BCUT2D eigenvalue weighted by molar-refractivity contribution is -0.149. The van der Waals surface area contributed by atoms with E-state index in [0.29, 0.717) is 23.6 Å². The number of benzene rings is 2. The summed E-state index contributed by atoms with van der Waals surface area (Å²) in [7, 11) is 3.07. The number of fused-ring (bicyclic) bond motifs is 1. The fourth-order valence-corrected chi connectivity index (χ4v) is 3.25. The molecule has 1 aliphatic rings. The Morgan fingerprint density at radius 3 is 2.61 bits per heavy atom. The molecule has 3 rings (SSSR count). The van der Waals surface area contributed by atoms with Crippen molar-refractivity contribution in [3.05, 3.63) is 59.7 Å². The number of anilines is 1. The highest BCUT2D eigenvalue weighted by molar-refractivity contribution is 6.00. The van der Waals surface area contributed by atoms with Gasteiger partial charge in [0.1, 0.15) is 0 Å². The Kier molecular flexibility index (Phi) is 5.99. The van der Waals surface area contributed by atoms with Crippen molar-refractivity contribution in [3.63, 3.8) is 0 Å². The number of rotatable bonds is 6. The standard InChI is InChI=1S/C22H23NO5/c1-15(22(25)23-14-13-16-7-4-5-9-18(16)23)28-20(24)12-11-17-8-6-10-19(26-2)21(17)27-3/h4-12,15H,13-14H2,1-3H3/b12-11+/t15-/m0/s1. The van der Waals surface area contributed by atoms with Crippen molar-refractivity contribution in [2.24, 2.45) is 0 Å². The third kappa shape index (κ3) is 4.01. The average Bonchev–Trinajstić information content (AvgIpc) is 3.15. The van der Waals surface area contributed by atoms with E-state index in [9.17, 15) is 9.59 Å². The van der Waals surface area contributed by atoms with Crippen LogP contribution in [0.3, 0.4) is 0 Å². The molecule has 0 saturated heterocycles. The number of nitrogens with zero attached hydrogens (tertiary/aromatic N) is 1. The van der Waals surface area contributed by atoms with Gasteiger partial charge in [0.25, 0.3) is 5.91 Å². The second-order valence-electron chi connectivity index (χ2n) is 6.36. The number of amides is 1. The second-order valence-corrected chi connectivity index (χ2v) is 6.36. The topological polar surface area (TPSA) is 65.1 Å². The van der Waals surface area contributed by atoms with E-state index in [2.05, 4.69) is 0 Å². The maximum atomic E-state index is 12.7. The van der Waals surface area contributed by atoms with Crippen LogP contribution in [-0.4, -0.2) is 38.7 Å². The van der Waals surface area contributed by atoms with Gasteiger partial charge in [-0.05, 0) is 37.1 Å². The van der Waals surface area contributed by atoms with Gasteiger partial charge in [-0.15, -0.1) is 0 Å². The van der Waals surface area contributed by atoms with Gasteiger partial charge in [-0.1, -0.05) is 30.3 Å². The predicted molar refractivity (Wildman–Crippen MR) is 107 cm³/mol. The molecule has 6 heteroatoms. The van der Waals surface area contributed by atoms with Crippen LogP contribution in [0.15, 0.2) is 48.5 Å².